The van der Waals surface area contributed by atoms with Crippen molar-refractivity contribution in [1.82, 2.24) is 0 Å². The SMILES string of the molecule is CC(N)COc1cc(F)ccc1Br. The molecule has 1 aromatic carbocycles. The largest absolute Gasteiger partial charge is 0.491 e. The average molecular weight is 248 g/mol. The molecule has 0 aliphatic rings. The lowest BCUT2D eigenvalue weighted by atomic mass is 10.3. The lowest BCUT2D eigenvalue weighted by Gasteiger charge is -2.09. The van der Waals surface area contributed by atoms with E-state index < -0.39 is 0 Å². The molecule has 72 valence electrons. The molecule has 1 unspecified atom stereocenters. The maximum atomic E-state index is 12.7. The Bertz CT molecular complexity index is 291. The Balaban J connectivity index is 2.70. The Morgan fingerprint density at radius 1 is 1.62 bits per heavy atom. The molecule has 1 rings (SSSR count). The van der Waals surface area contributed by atoms with Crippen LogP contribution in [0, 0.1) is 5.82 Å². The van der Waals surface area contributed by atoms with Gasteiger partial charge in [-0.1, -0.05) is 0 Å². The van der Waals surface area contributed by atoms with E-state index in [1.54, 1.807) is 6.07 Å². The van der Waals surface area contributed by atoms with Crippen LogP contribution in [-0.2, 0) is 0 Å². The number of rotatable bonds is 3. The summed E-state index contributed by atoms with van der Waals surface area (Å²) in [6.07, 6.45) is 0. The van der Waals surface area contributed by atoms with E-state index in [-0.39, 0.29) is 11.9 Å². The van der Waals surface area contributed by atoms with E-state index in [1.165, 1.54) is 12.1 Å². The van der Waals surface area contributed by atoms with E-state index >= 15 is 0 Å². The highest BCUT2D eigenvalue weighted by Gasteiger charge is 2.03. The molecule has 0 aliphatic carbocycles. The molecule has 0 saturated heterocycles. The van der Waals surface area contributed by atoms with Gasteiger partial charge in [0.05, 0.1) is 4.47 Å². The summed E-state index contributed by atoms with van der Waals surface area (Å²) in [6, 6.07) is 4.23. The van der Waals surface area contributed by atoms with Crippen molar-refractivity contribution in [2.24, 2.45) is 5.73 Å². The summed E-state index contributed by atoms with van der Waals surface area (Å²) in [4.78, 5) is 0. The maximum Gasteiger partial charge on any atom is 0.136 e. The summed E-state index contributed by atoms with van der Waals surface area (Å²) in [5.41, 5.74) is 5.49. The monoisotopic (exact) mass is 247 g/mol. The predicted octanol–water partition coefficient (Wildman–Crippen LogP) is 2.31. The molecule has 2 nitrogen and oxygen atoms in total. The second kappa shape index (κ2) is 4.58. The summed E-state index contributed by atoms with van der Waals surface area (Å²) in [6.45, 7) is 2.20. The summed E-state index contributed by atoms with van der Waals surface area (Å²) in [5.74, 6) is 0.167. The molecule has 0 bridgehead atoms. The fourth-order valence-corrected chi connectivity index (χ4v) is 1.17. The third-order valence-corrected chi connectivity index (χ3v) is 2.05. The third-order valence-electron chi connectivity index (χ3n) is 1.39. The topological polar surface area (TPSA) is 35.2 Å². The van der Waals surface area contributed by atoms with Crippen LogP contribution in [-0.4, -0.2) is 12.6 Å². The van der Waals surface area contributed by atoms with Gasteiger partial charge in [-0.2, -0.15) is 0 Å². The molecule has 0 amide bonds. The summed E-state index contributed by atoms with van der Waals surface area (Å²) >= 11 is 3.25. The van der Waals surface area contributed by atoms with Gasteiger partial charge in [-0.25, -0.2) is 4.39 Å². The van der Waals surface area contributed by atoms with Gasteiger partial charge >= 0.3 is 0 Å². The molecule has 0 aliphatic heterocycles. The highest BCUT2D eigenvalue weighted by molar-refractivity contribution is 9.10. The number of hydrogen-bond acceptors (Lipinski definition) is 2. The summed E-state index contributed by atoms with van der Waals surface area (Å²) < 4.78 is 18.7. The van der Waals surface area contributed by atoms with E-state index in [0.29, 0.717) is 12.4 Å². The molecule has 13 heavy (non-hydrogen) atoms. The van der Waals surface area contributed by atoms with Gasteiger partial charge in [0.2, 0.25) is 0 Å². The predicted molar refractivity (Wildman–Crippen MR) is 53.2 cm³/mol. The first-order valence-electron chi connectivity index (χ1n) is 3.93. The molecular formula is C9H11BrFNO. The molecule has 1 aromatic rings. The van der Waals surface area contributed by atoms with Crippen LogP contribution in [0.5, 0.6) is 5.75 Å². The van der Waals surface area contributed by atoms with Crippen LogP contribution in [0.15, 0.2) is 22.7 Å². The Labute approximate surface area is 85.0 Å². The van der Waals surface area contributed by atoms with Gasteiger partial charge in [0.1, 0.15) is 18.2 Å². The van der Waals surface area contributed by atoms with Crippen molar-refractivity contribution >= 4 is 15.9 Å². The van der Waals surface area contributed by atoms with E-state index in [4.69, 9.17) is 10.5 Å². The molecule has 1 atom stereocenters. The number of nitrogens with two attached hydrogens (primary N) is 1. The Hall–Kier alpha value is -0.610. The molecule has 0 heterocycles. The summed E-state index contributed by atoms with van der Waals surface area (Å²) in [7, 11) is 0. The van der Waals surface area contributed by atoms with Crippen LogP contribution in [0.4, 0.5) is 4.39 Å². The van der Waals surface area contributed by atoms with E-state index in [1.807, 2.05) is 6.92 Å². The van der Waals surface area contributed by atoms with Crippen LogP contribution >= 0.6 is 15.9 Å². The van der Waals surface area contributed by atoms with Crippen molar-refractivity contribution in [3.63, 3.8) is 0 Å². The quantitative estimate of drug-likeness (QED) is 0.890. The second-order valence-corrected chi connectivity index (χ2v) is 3.72. The Morgan fingerprint density at radius 2 is 2.31 bits per heavy atom. The highest BCUT2D eigenvalue weighted by atomic mass is 79.9. The molecule has 0 spiro atoms. The van der Waals surface area contributed by atoms with Crippen LogP contribution in [0.1, 0.15) is 6.92 Å². The normalized spacial score (nSPS) is 12.6. The van der Waals surface area contributed by atoms with Crippen LogP contribution in [0.3, 0.4) is 0 Å². The van der Waals surface area contributed by atoms with Gasteiger partial charge in [-0.15, -0.1) is 0 Å². The van der Waals surface area contributed by atoms with Crippen molar-refractivity contribution < 1.29 is 9.13 Å². The van der Waals surface area contributed by atoms with Crippen molar-refractivity contribution in [3.05, 3.63) is 28.5 Å². The number of halogens is 2. The van der Waals surface area contributed by atoms with Gasteiger partial charge in [-0.3, -0.25) is 0 Å². The maximum absolute atomic E-state index is 12.7. The van der Waals surface area contributed by atoms with Gasteiger partial charge in [0.15, 0.2) is 0 Å². The molecule has 0 saturated carbocycles. The Kier molecular flexibility index (Phi) is 3.69. The fraction of sp³-hybridized carbons (Fsp3) is 0.333. The first-order valence-corrected chi connectivity index (χ1v) is 4.72. The first kappa shape index (κ1) is 10.5. The Morgan fingerprint density at radius 3 is 2.92 bits per heavy atom. The highest BCUT2D eigenvalue weighted by Crippen LogP contribution is 2.25. The van der Waals surface area contributed by atoms with Gasteiger partial charge in [-0.05, 0) is 35.0 Å². The van der Waals surface area contributed by atoms with Gasteiger partial charge in [0, 0.05) is 12.1 Å². The third kappa shape index (κ3) is 3.32. The minimum absolute atomic E-state index is 0.0600. The lowest BCUT2D eigenvalue weighted by Crippen LogP contribution is -2.23. The first-order chi connectivity index (χ1) is 6.09. The second-order valence-electron chi connectivity index (χ2n) is 2.86. The fourth-order valence-electron chi connectivity index (χ4n) is 0.809. The van der Waals surface area contributed by atoms with Crippen molar-refractivity contribution in [2.45, 2.75) is 13.0 Å². The van der Waals surface area contributed by atoms with Crippen molar-refractivity contribution in [3.8, 4) is 5.75 Å². The van der Waals surface area contributed by atoms with Gasteiger partial charge in [0.25, 0.3) is 0 Å². The van der Waals surface area contributed by atoms with Crippen molar-refractivity contribution in [2.75, 3.05) is 6.61 Å². The van der Waals surface area contributed by atoms with Gasteiger partial charge < -0.3 is 10.5 Å². The lowest BCUT2D eigenvalue weighted by molar-refractivity contribution is 0.293. The minimum atomic E-state index is -0.317. The number of benzene rings is 1. The van der Waals surface area contributed by atoms with Crippen LogP contribution < -0.4 is 10.5 Å². The zero-order valence-electron chi connectivity index (χ0n) is 7.26. The molecule has 0 radical (unpaired) electrons. The smallest absolute Gasteiger partial charge is 0.136 e. The zero-order chi connectivity index (χ0) is 9.84. The molecule has 2 N–H and O–H groups in total. The summed E-state index contributed by atoms with van der Waals surface area (Å²) in [5, 5.41) is 0. The average Bonchev–Trinajstić information content (AvgIpc) is 2.06. The van der Waals surface area contributed by atoms with Crippen LogP contribution in [0.2, 0.25) is 0 Å². The number of ether oxygens (including phenoxy) is 1. The van der Waals surface area contributed by atoms with E-state index in [0.717, 1.165) is 4.47 Å². The van der Waals surface area contributed by atoms with Crippen molar-refractivity contribution in [1.29, 1.82) is 0 Å². The molecule has 0 aromatic heterocycles. The zero-order valence-corrected chi connectivity index (χ0v) is 8.84. The van der Waals surface area contributed by atoms with E-state index in [2.05, 4.69) is 15.9 Å². The molecular weight excluding hydrogens is 237 g/mol. The molecule has 4 heteroatoms. The molecule has 0 fully saturated rings. The standard InChI is InChI=1S/C9H11BrFNO/c1-6(12)5-13-9-4-7(11)2-3-8(9)10/h2-4,6H,5,12H2,1H3. The van der Waals surface area contributed by atoms with Crippen LogP contribution in [0.25, 0.3) is 0 Å². The number of hydrogen-bond donors (Lipinski definition) is 1. The minimum Gasteiger partial charge on any atom is -0.491 e. The van der Waals surface area contributed by atoms with E-state index in [9.17, 15) is 4.39 Å².